The molecule has 0 saturated carbocycles. The highest BCUT2D eigenvalue weighted by molar-refractivity contribution is 5.84. The van der Waals surface area contributed by atoms with Gasteiger partial charge < -0.3 is 20.6 Å². The Balaban J connectivity index is 1.89. The zero-order valence-corrected chi connectivity index (χ0v) is 11.7. The van der Waals surface area contributed by atoms with Crippen LogP contribution in [0.1, 0.15) is 0 Å². The molecule has 114 valence electrons. The van der Waals surface area contributed by atoms with Crippen molar-refractivity contribution in [3.8, 4) is 17.2 Å². The molecule has 0 aliphatic rings. The molecule has 0 radical (unpaired) electrons. The number of anilines is 2. The second-order valence-electron chi connectivity index (χ2n) is 4.96. The highest BCUT2D eigenvalue weighted by Gasteiger charge is 2.13. The smallest absolute Gasteiger partial charge is 0.204 e. The quantitative estimate of drug-likeness (QED) is 0.331. The van der Waals surface area contributed by atoms with Gasteiger partial charge in [-0.05, 0) is 12.1 Å². The third-order valence-corrected chi connectivity index (χ3v) is 3.47. The molecule has 4 rings (SSSR count). The monoisotopic (exact) mass is 309 g/mol. The van der Waals surface area contributed by atoms with Gasteiger partial charge in [-0.2, -0.15) is 0 Å². The van der Waals surface area contributed by atoms with Gasteiger partial charge in [0.1, 0.15) is 6.33 Å². The maximum atomic E-state index is 9.60. The van der Waals surface area contributed by atoms with E-state index in [0.29, 0.717) is 17.2 Å². The Morgan fingerprint density at radius 3 is 2.52 bits per heavy atom. The van der Waals surface area contributed by atoms with E-state index in [2.05, 4.69) is 20.5 Å². The number of rotatable bonds is 2. The summed E-state index contributed by atoms with van der Waals surface area (Å²) in [6.45, 7) is 0. The van der Waals surface area contributed by atoms with Crippen molar-refractivity contribution in [2.45, 2.75) is 0 Å². The molecule has 0 amide bonds. The average molecular weight is 309 g/mol. The number of aromatic hydroxyl groups is 3. The maximum Gasteiger partial charge on any atom is 0.204 e. The zero-order chi connectivity index (χ0) is 16.0. The SMILES string of the molecule is Oc1cc(Nc2nc3ccccc3n3cnnc23)cc(O)c1O. The molecule has 4 N–H and O–H groups in total. The number of nitrogens with one attached hydrogen (secondary N) is 1. The van der Waals surface area contributed by atoms with Gasteiger partial charge in [-0.25, -0.2) is 4.98 Å². The van der Waals surface area contributed by atoms with Crippen molar-refractivity contribution in [2.24, 2.45) is 0 Å². The lowest BCUT2D eigenvalue weighted by atomic mass is 10.2. The van der Waals surface area contributed by atoms with Gasteiger partial charge in [0.2, 0.25) is 5.65 Å². The van der Waals surface area contributed by atoms with Crippen molar-refractivity contribution in [1.29, 1.82) is 0 Å². The van der Waals surface area contributed by atoms with Gasteiger partial charge in [-0.1, -0.05) is 12.1 Å². The van der Waals surface area contributed by atoms with E-state index in [1.165, 1.54) is 12.1 Å². The number of fused-ring (bicyclic) bond motifs is 3. The maximum absolute atomic E-state index is 9.60. The molecule has 2 aromatic heterocycles. The third-order valence-electron chi connectivity index (χ3n) is 3.47. The Kier molecular flexibility index (Phi) is 2.70. The van der Waals surface area contributed by atoms with E-state index in [0.717, 1.165) is 11.0 Å². The summed E-state index contributed by atoms with van der Waals surface area (Å²) in [4.78, 5) is 4.49. The minimum absolute atomic E-state index is 0.352. The predicted octanol–water partition coefficient (Wildman–Crippen LogP) is 2.14. The molecule has 8 nitrogen and oxygen atoms in total. The number of benzene rings is 2. The van der Waals surface area contributed by atoms with Gasteiger partial charge in [-0.3, -0.25) is 4.40 Å². The summed E-state index contributed by atoms with van der Waals surface area (Å²) in [6.07, 6.45) is 1.58. The molecule has 2 heterocycles. The summed E-state index contributed by atoms with van der Waals surface area (Å²) in [5.74, 6) is -1.04. The van der Waals surface area contributed by atoms with Crippen LogP contribution in [0, 0.1) is 0 Å². The van der Waals surface area contributed by atoms with Crippen LogP contribution in [0.15, 0.2) is 42.7 Å². The Morgan fingerprint density at radius 1 is 1.00 bits per heavy atom. The van der Waals surface area contributed by atoms with E-state index < -0.39 is 17.2 Å². The van der Waals surface area contributed by atoms with Crippen molar-refractivity contribution in [2.75, 3.05) is 5.32 Å². The first-order valence-electron chi connectivity index (χ1n) is 6.74. The molecule has 2 aromatic carbocycles. The second kappa shape index (κ2) is 4.73. The molecule has 0 saturated heterocycles. The van der Waals surface area contributed by atoms with Gasteiger partial charge >= 0.3 is 0 Å². The van der Waals surface area contributed by atoms with Crippen molar-refractivity contribution in [3.63, 3.8) is 0 Å². The Bertz CT molecular complexity index is 1020. The van der Waals surface area contributed by atoms with Gasteiger partial charge in [0.25, 0.3) is 0 Å². The van der Waals surface area contributed by atoms with Crippen LogP contribution < -0.4 is 5.32 Å². The fourth-order valence-electron chi connectivity index (χ4n) is 2.40. The molecule has 8 heteroatoms. The summed E-state index contributed by atoms with van der Waals surface area (Å²) in [7, 11) is 0. The number of para-hydroxylation sites is 2. The highest BCUT2D eigenvalue weighted by atomic mass is 16.3. The van der Waals surface area contributed by atoms with Crippen LogP contribution in [-0.4, -0.2) is 34.9 Å². The first kappa shape index (κ1) is 13.1. The summed E-state index contributed by atoms with van der Waals surface area (Å²) >= 11 is 0. The average Bonchev–Trinajstić information content (AvgIpc) is 3.03. The number of hydrogen-bond donors (Lipinski definition) is 4. The van der Waals surface area contributed by atoms with Crippen molar-refractivity contribution in [3.05, 3.63) is 42.7 Å². The molecule has 0 atom stereocenters. The van der Waals surface area contributed by atoms with Gasteiger partial charge in [0.15, 0.2) is 23.1 Å². The summed E-state index contributed by atoms with van der Waals surface area (Å²) in [5, 5.41) is 39.5. The normalized spacial score (nSPS) is 11.1. The fourth-order valence-corrected chi connectivity index (χ4v) is 2.40. The van der Waals surface area contributed by atoms with E-state index in [4.69, 9.17) is 0 Å². The van der Waals surface area contributed by atoms with E-state index in [1.54, 1.807) is 10.7 Å². The van der Waals surface area contributed by atoms with E-state index in [1.807, 2.05) is 24.3 Å². The van der Waals surface area contributed by atoms with E-state index in [-0.39, 0.29) is 0 Å². The largest absolute Gasteiger partial charge is 0.504 e. The fraction of sp³-hybridized carbons (Fsp3) is 0. The zero-order valence-electron chi connectivity index (χ0n) is 11.7. The first-order valence-corrected chi connectivity index (χ1v) is 6.74. The number of phenols is 3. The number of hydrogen-bond acceptors (Lipinski definition) is 7. The van der Waals surface area contributed by atoms with Crippen LogP contribution in [0.25, 0.3) is 16.7 Å². The molecule has 0 unspecified atom stereocenters. The number of aromatic nitrogens is 4. The van der Waals surface area contributed by atoms with E-state index >= 15 is 0 Å². The summed E-state index contributed by atoms with van der Waals surface area (Å²) < 4.78 is 1.78. The third kappa shape index (κ3) is 2.04. The van der Waals surface area contributed by atoms with Crippen LogP contribution in [0.5, 0.6) is 17.2 Å². The standard InChI is InChI=1S/C15H11N5O3/c21-11-5-8(6-12(22)13(11)23)17-14-15-19-16-7-20(15)10-4-2-1-3-9(10)18-14/h1-7,21-23H,(H,17,18). The lowest BCUT2D eigenvalue weighted by Crippen LogP contribution is -1.99. The Morgan fingerprint density at radius 2 is 1.74 bits per heavy atom. The Hall–Kier alpha value is -3.55. The van der Waals surface area contributed by atoms with Crippen molar-refractivity contribution >= 4 is 28.2 Å². The van der Waals surface area contributed by atoms with Gasteiger partial charge in [0.05, 0.1) is 11.0 Å². The van der Waals surface area contributed by atoms with Gasteiger partial charge in [-0.15, -0.1) is 10.2 Å². The molecule has 0 aliphatic heterocycles. The van der Waals surface area contributed by atoms with Crippen molar-refractivity contribution < 1.29 is 15.3 Å². The van der Waals surface area contributed by atoms with Crippen LogP contribution >= 0.6 is 0 Å². The summed E-state index contributed by atoms with van der Waals surface area (Å²) in [5.41, 5.74) is 2.44. The highest BCUT2D eigenvalue weighted by Crippen LogP contribution is 2.38. The van der Waals surface area contributed by atoms with Crippen LogP contribution in [0.4, 0.5) is 11.5 Å². The Labute approximate surface area is 129 Å². The predicted molar refractivity (Wildman–Crippen MR) is 83.0 cm³/mol. The lowest BCUT2D eigenvalue weighted by molar-refractivity contribution is 0.368. The van der Waals surface area contributed by atoms with Crippen LogP contribution in [0.3, 0.4) is 0 Å². The second-order valence-corrected chi connectivity index (χ2v) is 4.96. The van der Waals surface area contributed by atoms with Crippen LogP contribution in [0.2, 0.25) is 0 Å². The summed E-state index contributed by atoms with van der Waals surface area (Å²) in [6, 6.07) is 10.1. The minimum atomic E-state index is -0.574. The van der Waals surface area contributed by atoms with Crippen LogP contribution in [-0.2, 0) is 0 Å². The molecule has 4 aromatic rings. The molecule has 0 spiro atoms. The number of phenolic OH excluding ortho intramolecular Hbond substituents is 3. The number of nitrogens with zero attached hydrogens (tertiary/aromatic N) is 4. The molecule has 23 heavy (non-hydrogen) atoms. The molecular weight excluding hydrogens is 298 g/mol. The van der Waals surface area contributed by atoms with Gasteiger partial charge in [0, 0.05) is 17.8 Å². The minimum Gasteiger partial charge on any atom is -0.504 e. The molecule has 0 fully saturated rings. The van der Waals surface area contributed by atoms with E-state index in [9.17, 15) is 15.3 Å². The molecule has 0 bridgehead atoms. The first-order chi connectivity index (χ1) is 11.1. The lowest BCUT2D eigenvalue weighted by Gasteiger charge is -2.10. The molecule has 0 aliphatic carbocycles. The molecular formula is C15H11N5O3. The topological polar surface area (TPSA) is 116 Å². The van der Waals surface area contributed by atoms with Crippen molar-refractivity contribution in [1.82, 2.24) is 19.6 Å².